The molecule has 1 aliphatic heterocycles. The fourth-order valence-electron chi connectivity index (χ4n) is 2.08. The monoisotopic (exact) mass is 211 g/mol. The minimum Gasteiger partial charge on any atom is -0.381 e. The summed E-state index contributed by atoms with van der Waals surface area (Å²) in [7, 11) is 0. The highest BCUT2D eigenvalue weighted by atomic mass is 16.5. The average Bonchev–Trinajstić information content (AvgIpc) is 3.03. The molecule has 1 saturated heterocycles. The van der Waals surface area contributed by atoms with Crippen LogP contribution in [0.25, 0.3) is 0 Å². The highest BCUT2D eigenvalue weighted by molar-refractivity contribution is 5.78. The number of ether oxygens (including phenoxy) is 1. The number of carbonyl (C=O) groups is 1. The van der Waals surface area contributed by atoms with Crippen molar-refractivity contribution in [1.29, 1.82) is 0 Å². The summed E-state index contributed by atoms with van der Waals surface area (Å²) in [5, 5.41) is 3.38. The van der Waals surface area contributed by atoms with Crippen molar-refractivity contribution in [2.75, 3.05) is 19.8 Å². The molecule has 2 fully saturated rings. The van der Waals surface area contributed by atoms with Gasteiger partial charge in [0.2, 0.25) is 0 Å². The Bertz CT molecular complexity index is 208. The van der Waals surface area contributed by atoms with Crippen LogP contribution in [0.5, 0.6) is 0 Å². The molecule has 0 bridgehead atoms. The molecule has 3 nitrogen and oxygen atoms in total. The second kappa shape index (κ2) is 5.61. The SMILES string of the molecule is O=C(CCNC1CC1)CC1CCOCC1. The van der Waals surface area contributed by atoms with E-state index in [1.165, 1.54) is 12.8 Å². The van der Waals surface area contributed by atoms with Gasteiger partial charge in [0.1, 0.15) is 5.78 Å². The van der Waals surface area contributed by atoms with Crippen LogP contribution < -0.4 is 5.32 Å². The molecule has 1 aliphatic carbocycles. The minimum atomic E-state index is 0.426. The second-order valence-electron chi connectivity index (χ2n) is 4.78. The maximum Gasteiger partial charge on any atom is 0.134 e. The third-order valence-electron chi connectivity index (χ3n) is 3.27. The lowest BCUT2D eigenvalue weighted by atomic mass is 9.93. The number of carbonyl (C=O) groups excluding carboxylic acids is 1. The summed E-state index contributed by atoms with van der Waals surface area (Å²) in [6.45, 7) is 2.57. The molecule has 3 heteroatoms. The van der Waals surface area contributed by atoms with Crippen LogP contribution in [0, 0.1) is 5.92 Å². The smallest absolute Gasteiger partial charge is 0.134 e. The molecule has 2 rings (SSSR count). The van der Waals surface area contributed by atoms with Gasteiger partial charge < -0.3 is 10.1 Å². The molecule has 86 valence electrons. The van der Waals surface area contributed by atoms with Crippen LogP contribution in [0.3, 0.4) is 0 Å². The number of ketones is 1. The standard InChI is InChI=1S/C12H21NO2/c14-12(3-6-13-11-1-2-11)9-10-4-7-15-8-5-10/h10-11,13H,1-9H2. The third kappa shape index (κ3) is 4.31. The summed E-state index contributed by atoms with van der Waals surface area (Å²) >= 11 is 0. The molecule has 0 atom stereocenters. The Labute approximate surface area is 91.6 Å². The van der Waals surface area contributed by atoms with Crippen LogP contribution in [0.1, 0.15) is 38.5 Å². The Hall–Kier alpha value is -0.410. The third-order valence-corrected chi connectivity index (χ3v) is 3.27. The highest BCUT2D eigenvalue weighted by Gasteiger charge is 2.21. The van der Waals surface area contributed by atoms with Crippen molar-refractivity contribution in [3.8, 4) is 0 Å². The van der Waals surface area contributed by atoms with E-state index in [0.29, 0.717) is 18.1 Å². The van der Waals surface area contributed by atoms with E-state index in [-0.39, 0.29) is 0 Å². The summed E-state index contributed by atoms with van der Waals surface area (Å²) in [5.41, 5.74) is 0. The number of hydrogen-bond donors (Lipinski definition) is 1. The molecule has 0 amide bonds. The first-order valence-corrected chi connectivity index (χ1v) is 6.17. The Morgan fingerprint density at radius 3 is 2.60 bits per heavy atom. The number of hydrogen-bond acceptors (Lipinski definition) is 3. The fourth-order valence-corrected chi connectivity index (χ4v) is 2.08. The zero-order valence-electron chi connectivity index (χ0n) is 9.34. The molecule has 0 aromatic rings. The van der Waals surface area contributed by atoms with E-state index in [0.717, 1.165) is 45.1 Å². The van der Waals surface area contributed by atoms with E-state index in [9.17, 15) is 4.79 Å². The largest absolute Gasteiger partial charge is 0.381 e. The van der Waals surface area contributed by atoms with Gasteiger partial charge >= 0.3 is 0 Å². The van der Waals surface area contributed by atoms with E-state index in [4.69, 9.17) is 4.74 Å². The van der Waals surface area contributed by atoms with Gasteiger partial charge in [-0.15, -0.1) is 0 Å². The molecule has 15 heavy (non-hydrogen) atoms. The van der Waals surface area contributed by atoms with Crippen LogP contribution in [-0.2, 0) is 9.53 Å². The van der Waals surface area contributed by atoms with Crippen LogP contribution in [-0.4, -0.2) is 31.6 Å². The van der Waals surface area contributed by atoms with Gasteiger partial charge in [0.25, 0.3) is 0 Å². The van der Waals surface area contributed by atoms with Gasteiger partial charge in [-0.05, 0) is 31.6 Å². The fraction of sp³-hybridized carbons (Fsp3) is 0.917. The number of rotatable bonds is 6. The topological polar surface area (TPSA) is 38.3 Å². The summed E-state index contributed by atoms with van der Waals surface area (Å²) < 4.78 is 5.28. The predicted molar refractivity (Wildman–Crippen MR) is 58.8 cm³/mol. The maximum atomic E-state index is 11.6. The Balaban J connectivity index is 1.54. The van der Waals surface area contributed by atoms with Crippen LogP contribution in [0.15, 0.2) is 0 Å². The summed E-state index contributed by atoms with van der Waals surface area (Å²) in [6.07, 6.45) is 6.23. The lowest BCUT2D eigenvalue weighted by molar-refractivity contribution is -0.120. The van der Waals surface area contributed by atoms with Gasteiger partial charge in [0.05, 0.1) is 0 Å². The van der Waals surface area contributed by atoms with Crippen molar-refractivity contribution in [2.24, 2.45) is 5.92 Å². The summed E-state index contributed by atoms with van der Waals surface area (Å²) in [6, 6.07) is 0.723. The molecule has 0 aromatic heterocycles. The number of Topliss-reactive ketones (excluding diaryl/α,β-unsaturated/α-hetero) is 1. The predicted octanol–water partition coefficient (Wildman–Crippen LogP) is 1.51. The van der Waals surface area contributed by atoms with E-state index >= 15 is 0 Å². The van der Waals surface area contributed by atoms with Crippen LogP contribution in [0.4, 0.5) is 0 Å². The van der Waals surface area contributed by atoms with Crippen molar-refractivity contribution in [1.82, 2.24) is 5.32 Å². The molecular formula is C12H21NO2. The Morgan fingerprint density at radius 1 is 1.20 bits per heavy atom. The van der Waals surface area contributed by atoms with Crippen molar-refractivity contribution in [3.63, 3.8) is 0 Å². The van der Waals surface area contributed by atoms with Crippen molar-refractivity contribution in [3.05, 3.63) is 0 Å². The molecule has 1 N–H and O–H groups in total. The average molecular weight is 211 g/mol. The van der Waals surface area contributed by atoms with Crippen LogP contribution >= 0.6 is 0 Å². The van der Waals surface area contributed by atoms with Crippen LogP contribution in [0.2, 0.25) is 0 Å². The van der Waals surface area contributed by atoms with E-state index in [2.05, 4.69) is 5.32 Å². The molecule has 0 aromatic carbocycles. The van der Waals surface area contributed by atoms with Gasteiger partial charge in [-0.1, -0.05) is 0 Å². The van der Waals surface area contributed by atoms with Gasteiger partial charge in [-0.3, -0.25) is 4.79 Å². The van der Waals surface area contributed by atoms with Crippen molar-refractivity contribution < 1.29 is 9.53 Å². The van der Waals surface area contributed by atoms with Gasteiger partial charge in [-0.2, -0.15) is 0 Å². The van der Waals surface area contributed by atoms with Gasteiger partial charge in [0.15, 0.2) is 0 Å². The zero-order valence-corrected chi connectivity index (χ0v) is 9.34. The lowest BCUT2D eigenvalue weighted by Crippen LogP contribution is -2.23. The summed E-state index contributed by atoms with van der Waals surface area (Å²) in [4.78, 5) is 11.6. The van der Waals surface area contributed by atoms with Crippen molar-refractivity contribution in [2.45, 2.75) is 44.6 Å². The first-order chi connectivity index (χ1) is 7.34. The molecule has 1 heterocycles. The van der Waals surface area contributed by atoms with E-state index < -0.39 is 0 Å². The summed E-state index contributed by atoms with van der Waals surface area (Å²) in [5.74, 6) is 1.02. The van der Waals surface area contributed by atoms with Gasteiger partial charge in [0, 0.05) is 38.6 Å². The van der Waals surface area contributed by atoms with Crippen molar-refractivity contribution >= 4 is 5.78 Å². The molecule has 0 radical (unpaired) electrons. The van der Waals surface area contributed by atoms with E-state index in [1.807, 2.05) is 0 Å². The first kappa shape index (κ1) is 11.1. The Kier molecular flexibility index (Phi) is 4.15. The molecule has 1 saturated carbocycles. The highest BCUT2D eigenvalue weighted by Crippen LogP contribution is 2.20. The normalized spacial score (nSPS) is 22.9. The molecule has 0 unspecified atom stereocenters. The maximum absolute atomic E-state index is 11.6. The Morgan fingerprint density at radius 2 is 1.93 bits per heavy atom. The van der Waals surface area contributed by atoms with Gasteiger partial charge in [-0.25, -0.2) is 0 Å². The van der Waals surface area contributed by atoms with E-state index in [1.54, 1.807) is 0 Å². The second-order valence-corrected chi connectivity index (χ2v) is 4.78. The quantitative estimate of drug-likeness (QED) is 0.724. The first-order valence-electron chi connectivity index (χ1n) is 6.17. The zero-order chi connectivity index (χ0) is 10.5. The number of nitrogens with one attached hydrogen (secondary N) is 1. The minimum absolute atomic E-state index is 0.426. The molecule has 2 aliphatic rings. The molecular weight excluding hydrogens is 190 g/mol. The lowest BCUT2D eigenvalue weighted by Gasteiger charge is -2.21. The molecule has 0 spiro atoms.